The van der Waals surface area contributed by atoms with Crippen LogP contribution in [0.2, 0.25) is 0 Å². The molecule has 0 bridgehead atoms. The zero-order valence-corrected chi connectivity index (χ0v) is 13.6. The van der Waals surface area contributed by atoms with E-state index in [-0.39, 0.29) is 0 Å². The Morgan fingerprint density at radius 1 is 0.632 bits per heavy atom. The fourth-order valence-electron chi connectivity index (χ4n) is 2.62. The zero-order valence-electron chi connectivity index (χ0n) is 13.6. The maximum absolute atomic E-state index is 3.77. The minimum absolute atomic E-state index is 0.552. The highest BCUT2D eigenvalue weighted by Crippen LogP contribution is 2.30. The molecule has 0 aliphatic heterocycles. The van der Waals surface area contributed by atoms with Gasteiger partial charge < -0.3 is 0 Å². The Kier molecular flexibility index (Phi) is 12.2. The Balaban J connectivity index is 3.41. The molecule has 0 unspecified atom stereocenters. The molecule has 0 saturated heterocycles. The van der Waals surface area contributed by atoms with Crippen molar-refractivity contribution in [2.24, 2.45) is 5.41 Å². The number of unbranched alkanes of at least 4 members (excludes halogenated alkanes) is 8. The lowest BCUT2D eigenvalue weighted by Gasteiger charge is -2.24. The van der Waals surface area contributed by atoms with Crippen LogP contribution in [0.5, 0.6) is 0 Å². The summed E-state index contributed by atoms with van der Waals surface area (Å²) in [6.07, 6.45) is 20.3. The Morgan fingerprint density at radius 2 is 1.00 bits per heavy atom. The first-order valence-corrected chi connectivity index (χ1v) is 8.34. The molecule has 0 aromatic heterocycles. The topological polar surface area (TPSA) is 0 Å². The van der Waals surface area contributed by atoms with Gasteiger partial charge in [-0.3, -0.25) is 0 Å². The third-order valence-corrected chi connectivity index (χ3v) is 4.02. The summed E-state index contributed by atoms with van der Waals surface area (Å²) in [7, 11) is 0. The van der Waals surface area contributed by atoms with Crippen LogP contribution >= 0.6 is 0 Å². The van der Waals surface area contributed by atoms with E-state index in [4.69, 9.17) is 0 Å². The van der Waals surface area contributed by atoms with Gasteiger partial charge in [-0.25, -0.2) is 0 Å². The van der Waals surface area contributed by atoms with Crippen molar-refractivity contribution >= 4 is 0 Å². The summed E-state index contributed by atoms with van der Waals surface area (Å²) in [4.78, 5) is 0. The summed E-state index contributed by atoms with van der Waals surface area (Å²) >= 11 is 0. The molecule has 0 heteroatoms. The predicted molar refractivity (Wildman–Crippen MR) is 89.6 cm³/mol. The molecule has 0 nitrogen and oxygen atoms in total. The van der Waals surface area contributed by atoms with Crippen LogP contribution in [-0.4, -0.2) is 0 Å². The summed E-state index contributed by atoms with van der Waals surface area (Å²) in [6, 6.07) is 0. The molecule has 0 saturated carbocycles. The lowest BCUT2D eigenvalue weighted by Crippen LogP contribution is -2.11. The maximum Gasteiger partial charge on any atom is -0.0353 e. The van der Waals surface area contributed by atoms with Crippen LogP contribution in [0.15, 0.2) is 25.3 Å². The Bertz CT molecular complexity index is 190. The van der Waals surface area contributed by atoms with Crippen molar-refractivity contribution in [1.82, 2.24) is 0 Å². The fraction of sp³-hybridized carbons (Fsp3) is 0.789. The normalized spacial score (nSPS) is 11.5. The van der Waals surface area contributed by atoms with Gasteiger partial charge in [-0.05, 0) is 43.9 Å². The van der Waals surface area contributed by atoms with Crippen molar-refractivity contribution < 1.29 is 0 Å². The second-order valence-corrected chi connectivity index (χ2v) is 6.65. The monoisotopic (exact) mass is 264 g/mol. The Labute approximate surface area is 122 Å². The van der Waals surface area contributed by atoms with E-state index in [0.29, 0.717) is 5.41 Å². The van der Waals surface area contributed by atoms with Crippen LogP contribution < -0.4 is 0 Å². The quantitative estimate of drug-likeness (QED) is 0.232. The van der Waals surface area contributed by atoms with E-state index in [9.17, 15) is 0 Å². The SMILES string of the molecule is C=CCCCCCCC(C)(C)CCCCCCC=C. The smallest absolute Gasteiger partial charge is 0.0353 e. The molecule has 0 aliphatic carbocycles. The van der Waals surface area contributed by atoms with Gasteiger partial charge in [0.2, 0.25) is 0 Å². The molecule has 19 heavy (non-hydrogen) atoms. The van der Waals surface area contributed by atoms with Gasteiger partial charge in [-0.2, -0.15) is 0 Å². The Morgan fingerprint density at radius 3 is 1.37 bits per heavy atom. The van der Waals surface area contributed by atoms with Crippen molar-refractivity contribution in [3.63, 3.8) is 0 Å². The summed E-state index contributed by atoms with van der Waals surface area (Å²) < 4.78 is 0. The summed E-state index contributed by atoms with van der Waals surface area (Å²) in [5, 5.41) is 0. The number of hydrogen-bond acceptors (Lipinski definition) is 0. The van der Waals surface area contributed by atoms with Crippen LogP contribution in [0.25, 0.3) is 0 Å². The van der Waals surface area contributed by atoms with Crippen molar-refractivity contribution in [2.75, 3.05) is 0 Å². The van der Waals surface area contributed by atoms with Gasteiger partial charge in [0.15, 0.2) is 0 Å². The number of hydrogen-bond donors (Lipinski definition) is 0. The Hall–Kier alpha value is -0.520. The predicted octanol–water partition coefficient (Wildman–Crippen LogP) is 7.07. The highest BCUT2D eigenvalue weighted by atomic mass is 14.2. The molecule has 0 heterocycles. The minimum Gasteiger partial charge on any atom is -0.103 e. The van der Waals surface area contributed by atoms with E-state index in [2.05, 4.69) is 27.0 Å². The van der Waals surface area contributed by atoms with Crippen molar-refractivity contribution in [2.45, 2.75) is 90.9 Å². The first-order valence-electron chi connectivity index (χ1n) is 8.34. The van der Waals surface area contributed by atoms with Crippen molar-refractivity contribution in [3.05, 3.63) is 25.3 Å². The number of allylic oxidation sites excluding steroid dienone is 2. The van der Waals surface area contributed by atoms with E-state index >= 15 is 0 Å². The van der Waals surface area contributed by atoms with Gasteiger partial charge in [0.05, 0.1) is 0 Å². The fourth-order valence-corrected chi connectivity index (χ4v) is 2.62. The first kappa shape index (κ1) is 18.5. The van der Waals surface area contributed by atoms with Gasteiger partial charge in [0.25, 0.3) is 0 Å². The van der Waals surface area contributed by atoms with E-state index in [1.807, 2.05) is 12.2 Å². The van der Waals surface area contributed by atoms with Crippen molar-refractivity contribution in [3.8, 4) is 0 Å². The van der Waals surface area contributed by atoms with E-state index in [1.165, 1.54) is 77.0 Å². The molecule has 0 aromatic carbocycles. The average molecular weight is 264 g/mol. The third-order valence-electron chi connectivity index (χ3n) is 4.02. The largest absolute Gasteiger partial charge is 0.103 e. The first-order chi connectivity index (χ1) is 9.12. The molecule has 0 amide bonds. The van der Waals surface area contributed by atoms with Crippen LogP contribution in [0.4, 0.5) is 0 Å². The lowest BCUT2D eigenvalue weighted by molar-refractivity contribution is 0.282. The van der Waals surface area contributed by atoms with Crippen LogP contribution in [-0.2, 0) is 0 Å². The maximum atomic E-state index is 3.77. The average Bonchev–Trinajstić information content (AvgIpc) is 2.38. The van der Waals surface area contributed by atoms with Crippen LogP contribution in [0.1, 0.15) is 90.9 Å². The zero-order chi connectivity index (χ0) is 14.4. The van der Waals surface area contributed by atoms with E-state index in [1.54, 1.807) is 0 Å². The molecule has 0 aromatic rings. The molecule has 0 aliphatic rings. The summed E-state index contributed by atoms with van der Waals surface area (Å²) in [6.45, 7) is 12.4. The molecule has 0 atom stereocenters. The molecule has 0 radical (unpaired) electrons. The number of rotatable bonds is 14. The third kappa shape index (κ3) is 13.7. The second kappa shape index (κ2) is 12.5. The van der Waals surface area contributed by atoms with Crippen LogP contribution in [0, 0.1) is 5.41 Å². The lowest BCUT2D eigenvalue weighted by atomic mass is 9.82. The van der Waals surface area contributed by atoms with Gasteiger partial charge in [-0.1, -0.05) is 64.5 Å². The van der Waals surface area contributed by atoms with Gasteiger partial charge in [0.1, 0.15) is 0 Å². The molecule has 0 fully saturated rings. The molecular formula is C19H36. The van der Waals surface area contributed by atoms with Gasteiger partial charge in [0, 0.05) is 0 Å². The van der Waals surface area contributed by atoms with Gasteiger partial charge >= 0.3 is 0 Å². The molecular weight excluding hydrogens is 228 g/mol. The molecule has 112 valence electrons. The summed E-state index contributed by atoms with van der Waals surface area (Å²) in [5.41, 5.74) is 0.552. The molecule has 0 N–H and O–H groups in total. The van der Waals surface area contributed by atoms with Gasteiger partial charge in [-0.15, -0.1) is 13.2 Å². The molecule has 0 rings (SSSR count). The van der Waals surface area contributed by atoms with Crippen LogP contribution in [0.3, 0.4) is 0 Å². The van der Waals surface area contributed by atoms with E-state index in [0.717, 1.165) is 0 Å². The highest BCUT2D eigenvalue weighted by molar-refractivity contribution is 4.70. The second-order valence-electron chi connectivity index (χ2n) is 6.65. The standard InChI is InChI=1S/C19H36/c1-5-7-9-11-13-15-17-19(3,4)18-16-14-12-10-8-6-2/h5-6H,1-2,7-18H2,3-4H3. The van der Waals surface area contributed by atoms with Crippen molar-refractivity contribution in [1.29, 1.82) is 0 Å². The van der Waals surface area contributed by atoms with E-state index < -0.39 is 0 Å². The summed E-state index contributed by atoms with van der Waals surface area (Å²) in [5.74, 6) is 0. The minimum atomic E-state index is 0.552. The highest BCUT2D eigenvalue weighted by Gasteiger charge is 2.16. The molecule has 0 spiro atoms.